The summed E-state index contributed by atoms with van der Waals surface area (Å²) in [6.45, 7) is 7.54. The molecule has 6 aliphatic carbocycles. The molecule has 0 aromatic heterocycles. The average molecular weight is 648 g/mol. The second-order valence-electron chi connectivity index (χ2n) is 15.0. The van der Waals surface area contributed by atoms with Crippen molar-refractivity contribution in [2.24, 2.45) is 40.7 Å². The summed E-state index contributed by atoms with van der Waals surface area (Å²) in [6, 6.07) is 0.0150. The quantitative estimate of drug-likeness (QED) is 0.292. The first-order valence-electron chi connectivity index (χ1n) is 16.1. The topological polar surface area (TPSA) is 148 Å². The van der Waals surface area contributed by atoms with Gasteiger partial charge in [-0.2, -0.15) is 13.2 Å². The molecular formula is C34H44F3N3O6. The van der Waals surface area contributed by atoms with E-state index >= 15 is 0 Å². The third-order valence-electron chi connectivity index (χ3n) is 12.2. The molecule has 12 heteroatoms. The number of allylic oxidation sites excluding steroid dienone is 1. The minimum Gasteiger partial charge on any atom is -0.510 e. The number of nitrogens with zero attached hydrogens (tertiary/aromatic N) is 2. The van der Waals surface area contributed by atoms with Gasteiger partial charge in [0.25, 0.3) is 0 Å². The minimum atomic E-state index is -4.84. The summed E-state index contributed by atoms with van der Waals surface area (Å²) in [4.78, 5) is 29.7. The van der Waals surface area contributed by atoms with Crippen molar-refractivity contribution in [3.63, 3.8) is 0 Å². The number of carbonyl (C=O) groups is 2. The van der Waals surface area contributed by atoms with Crippen LogP contribution in [0.4, 0.5) is 13.2 Å². The first-order valence-corrected chi connectivity index (χ1v) is 16.1. The number of hydrogen-bond donors (Lipinski definition) is 5. The molecule has 3 saturated carbocycles. The van der Waals surface area contributed by atoms with Gasteiger partial charge in [-0.3, -0.25) is 19.4 Å². The van der Waals surface area contributed by atoms with Gasteiger partial charge in [0, 0.05) is 31.0 Å². The fourth-order valence-corrected chi connectivity index (χ4v) is 9.82. The van der Waals surface area contributed by atoms with Gasteiger partial charge < -0.3 is 26.2 Å². The number of halogens is 3. The number of aromatic hydroxyl groups is 1. The number of fused-ring (bicyclic) bond motifs is 4. The van der Waals surface area contributed by atoms with E-state index in [1.165, 1.54) is 4.90 Å². The second kappa shape index (κ2) is 10.7. The van der Waals surface area contributed by atoms with Crippen molar-refractivity contribution in [1.29, 1.82) is 0 Å². The van der Waals surface area contributed by atoms with Gasteiger partial charge in [-0.15, -0.1) is 0 Å². The number of aliphatic hydroxyl groups is 3. The van der Waals surface area contributed by atoms with E-state index in [2.05, 4.69) is 13.8 Å². The van der Waals surface area contributed by atoms with Crippen LogP contribution < -0.4 is 5.73 Å². The minimum absolute atomic E-state index is 0.0487. The van der Waals surface area contributed by atoms with Crippen molar-refractivity contribution < 1.29 is 43.2 Å². The summed E-state index contributed by atoms with van der Waals surface area (Å²) < 4.78 is 45.0. The van der Waals surface area contributed by atoms with Crippen molar-refractivity contribution in [3.05, 3.63) is 51.0 Å². The largest absolute Gasteiger partial charge is 0.510 e. The zero-order valence-corrected chi connectivity index (χ0v) is 26.9. The predicted molar refractivity (Wildman–Crippen MR) is 163 cm³/mol. The number of nitrogens with two attached hydrogens (primary N) is 1. The third kappa shape index (κ3) is 4.69. The first kappa shape index (κ1) is 32.8. The number of amides is 1. The molecule has 2 unspecified atom stereocenters. The average Bonchev–Trinajstić information content (AvgIpc) is 3.49. The number of benzene rings is 1. The van der Waals surface area contributed by atoms with E-state index in [0.717, 1.165) is 18.9 Å². The van der Waals surface area contributed by atoms with Gasteiger partial charge >= 0.3 is 6.18 Å². The molecule has 9 nitrogen and oxygen atoms in total. The number of hydrogen-bond acceptors (Lipinski definition) is 8. The summed E-state index contributed by atoms with van der Waals surface area (Å²) >= 11 is 0. The molecule has 1 aromatic carbocycles. The van der Waals surface area contributed by atoms with Crippen LogP contribution in [-0.4, -0.2) is 80.7 Å². The number of ketones is 1. The van der Waals surface area contributed by atoms with Crippen molar-refractivity contribution in [1.82, 2.24) is 9.80 Å². The number of likely N-dealkylation sites (N-methyl/N-ethyl adjacent to an activating group) is 1. The Morgan fingerprint density at radius 2 is 1.78 bits per heavy atom. The van der Waals surface area contributed by atoms with E-state index in [-0.39, 0.29) is 52.8 Å². The van der Waals surface area contributed by atoms with Gasteiger partial charge in [-0.05, 0) is 92.6 Å². The fraction of sp³-hybridized carbons (Fsp3) is 0.647. The molecule has 7 atom stereocenters. The van der Waals surface area contributed by atoms with Crippen LogP contribution in [-0.2, 0) is 23.9 Å². The highest BCUT2D eigenvalue weighted by Gasteiger charge is 2.60. The number of rotatable bonds is 7. The SMILES string of the molecule is CCN(Cc1cc(O)c2c(c1C(F)(F)F)C[C@H]1C[C@H]3[C@H](N(C)C)C(O)=C(C(N)=O)C[C@@]3(O)C(O)=C1C2=O)C[C@H]1CC2CC1C2(C)C. The van der Waals surface area contributed by atoms with Crippen LogP contribution >= 0.6 is 0 Å². The van der Waals surface area contributed by atoms with Gasteiger partial charge in [0.15, 0.2) is 5.78 Å². The molecule has 0 saturated heterocycles. The number of alkyl halides is 3. The van der Waals surface area contributed by atoms with Crippen LogP contribution in [0.25, 0.3) is 0 Å². The summed E-state index contributed by atoms with van der Waals surface area (Å²) in [7, 11) is 3.18. The van der Waals surface area contributed by atoms with Crippen LogP contribution in [0, 0.1) is 35.0 Å². The van der Waals surface area contributed by atoms with Gasteiger partial charge in [0.05, 0.1) is 22.7 Å². The molecule has 1 aromatic rings. The number of carbonyl (C=O) groups excluding carboxylic acids is 2. The van der Waals surface area contributed by atoms with E-state index in [4.69, 9.17) is 5.73 Å². The van der Waals surface area contributed by atoms with Crippen LogP contribution in [0.2, 0.25) is 0 Å². The maximum Gasteiger partial charge on any atom is 0.417 e. The van der Waals surface area contributed by atoms with Crippen molar-refractivity contribution in [2.75, 3.05) is 27.2 Å². The van der Waals surface area contributed by atoms with Crippen LogP contribution in [0.1, 0.15) is 73.5 Å². The summed E-state index contributed by atoms with van der Waals surface area (Å²) in [6.07, 6.45) is -3.59. The lowest BCUT2D eigenvalue weighted by atomic mass is 9.59. The summed E-state index contributed by atoms with van der Waals surface area (Å²) in [5, 5.41) is 45.4. The number of primary amides is 1. The number of phenols is 1. The Bertz CT molecular complexity index is 1570. The smallest absolute Gasteiger partial charge is 0.417 e. The highest BCUT2D eigenvalue weighted by atomic mass is 19.4. The maximum atomic E-state index is 15.0. The Kier molecular flexibility index (Phi) is 7.65. The second-order valence-corrected chi connectivity index (χ2v) is 15.0. The van der Waals surface area contributed by atoms with Crippen molar-refractivity contribution in [2.45, 2.75) is 77.2 Å². The van der Waals surface area contributed by atoms with E-state index in [1.54, 1.807) is 14.1 Å². The molecule has 252 valence electrons. The molecule has 3 fully saturated rings. The number of aliphatic hydroxyl groups excluding tert-OH is 2. The number of Topliss-reactive ketones (excluding diaryl/α,β-unsaturated/α-hetero) is 1. The lowest BCUT2D eigenvalue weighted by molar-refractivity contribution is -0.139. The van der Waals surface area contributed by atoms with E-state index in [0.29, 0.717) is 30.8 Å². The van der Waals surface area contributed by atoms with Crippen molar-refractivity contribution in [3.8, 4) is 5.75 Å². The molecule has 1 amide bonds. The molecule has 6 N–H and O–H groups in total. The summed E-state index contributed by atoms with van der Waals surface area (Å²) in [5.74, 6) is -4.13. The van der Waals surface area contributed by atoms with Gasteiger partial charge in [0.1, 0.15) is 22.9 Å². The fourth-order valence-electron chi connectivity index (χ4n) is 9.82. The van der Waals surface area contributed by atoms with Gasteiger partial charge in [-0.1, -0.05) is 20.8 Å². The standard InChI is InChI=1S/C34H44F3N3O6/c1-6-40(13-16-7-18-11-21(16)32(18,2)3)14-17-10-23(41)25-19(26(17)34(35,36)37)8-15-9-22-27(39(4)5)28(42)20(31(38)45)12-33(22,46)30(44)24(15)29(25)43/h10,15-16,18,21-22,27,41-42,44,46H,6-9,11-14H2,1-5H3,(H2,38,45)/t15-,16+,18?,21?,22-,27-,33-/m0/s1. The molecule has 0 spiro atoms. The Morgan fingerprint density at radius 1 is 1.11 bits per heavy atom. The Labute approximate surface area is 266 Å². The zero-order valence-electron chi connectivity index (χ0n) is 26.9. The lowest BCUT2D eigenvalue weighted by Crippen LogP contribution is -2.59. The zero-order chi connectivity index (χ0) is 33.8. The molecule has 0 aliphatic heterocycles. The predicted octanol–water partition coefficient (Wildman–Crippen LogP) is 4.46. The molecule has 0 heterocycles. The highest BCUT2D eigenvalue weighted by molar-refractivity contribution is 6.13. The van der Waals surface area contributed by atoms with E-state index in [9.17, 15) is 43.2 Å². The highest BCUT2D eigenvalue weighted by Crippen LogP contribution is 2.64. The Morgan fingerprint density at radius 3 is 2.30 bits per heavy atom. The van der Waals surface area contributed by atoms with Crippen LogP contribution in [0.3, 0.4) is 0 Å². The Hall–Kier alpha value is -3.09. The first-order chi connectivity index (χ1) is 21.3. The third-order valence-corrected chi connectivity index (χ3v) is 12.2. The van der Waals surface area contributed by atoms with Crippen molar-refractivity contribution >= 4 is 11.7 Å². The molecule has 0 radical (unpaired) electrons. The molecule has 46 heavy (non-hydrogen) atoms. The normalized spacial score (nSPS) is 33.2. The molecule has 6 aliphatic rings. The monoisotopic (exact) mass is 647 g/mol. The van der Waals surface area contributed by atoms with E-state index < -0.39 is 70.4 Å². The maximum absolute atomic E-state index is 15.0. The lowest BCUT2D eigenvalue weighted by Gasteiger charge is -2.51. The number of phenolic OH excluding ortho intramolecular Hbond substituents is 1. The molecule has 2 bridgehead atoms. The van der Waals surface area contributed by atoms with Gasteiger partial charge in [-0.25, -0.2) is 0 Å². The Balaban J connectivity index is 1.41. The van der Waals surface area contributed by atoms with Crippen LogP contribution in [0.15, 0.2) is 28.7 Å². The van der Waals surface area contributed by atoms with Crippen LogP contribution in [0.5, 0.6) is 5.75 Å². The van der Waals surface area contributed by atoms with E-state index in [1.807, 2.05) is 11.8 Å². The molecule has 7 rings (SSSR count). The summed E-state index contributed by atoms with van der Waals surface area (Å²) in [5.41, 5.74) is 1.01. The van der Waals surface area contributed by atoms with Gasteiger partial charge in [0.2, 0.25) is 5.91 Å². The molecular weight excluding hydrogens is 603 g/mol.